The van der Waals surface area contributed by atoms with Crippen LogP contribution in [0.2, 0.25) is 0 Å². The Hall–Kier alpha value is -1.46. The predicted molar refractivity (Wildman–Crippen MR) is 76.3 cm³/mol. The summed E-state index contributed by atoms with van der Waals surface area (Å²) in [6.07, 6.45) is 0.358. The zero-order valence-corrected chi connectivity index (χ0v) is 12.5. The van der Waals surface area contributed by atoms with Crippen LogP contribution >= 0.6 is 0 Å². The van der Waals surface area contributed by atoms with Gasteiger partial charge in [-0.3, -0.25) is 0 Å². The highest BCUT2D eigenvalue weighted by molar-refractivity contribution is 7.89. The number of rotatable bonds is 2. The van der Waals surface area contributed by atoms with Crippen LogP contribution in [0.25, 0.3) is 0 Å². The molecular formula is C14H17FN2O3S. The second-order valence-corrected chi connectivity index (χ2v) is 7.14. The highest BCUT2D eigenvalue weighted by Gasteiger charge is 2.39. The van der Waals surface area contributed by atoms with Gasteiger partial charge in [-0.1, -0.05) is 11.8 Å². The summed E-state index contributed by atoms with van der Waals surface area (Å²) in [5, 5.41) is 9.92. The number of hydrogen-bond donors (Lipinski definition) is 2. The number of nitrogens with two attached hydrogens (primary N) is 1. The Labute approximate surface area is 123 Å². The van der Waals surface area contributed by atoms with E-state index in [1.807, 2.05) is 0 Å². The summed E-state index contributed by atoms with van der Waals surface area (Å²) in [4.78, 5) is -0.0671. The van der Waals surface area contributed by atoms with E-state index in [0.29, 0.717) is 6.42 Å². The number of β-amino-alcohol motifs (C(OH)–C–C–N with tert-alkyl or cyclic N) is 1. The van der Waals surface area contributed by atoms with Crippen molar-refractivity contribution in [3.05, 3.63) is 29.6 Å². The van der Waals surface area contributed by atoms with Crippen LogP contribution in [0.5, 0.6) is 0 Å². The van der Waals surface area contributed by atoms with Crippen LogP contribution in [0, 0.1) is 17.7 Å². The second-order valence-electron chi connectivity index (χ2n) is 5.23. The van der Waals surface area contributed by atoms with Gasteiger partial charge >= 0.3 is 0 Å². The largest absolute Gasteiger partial charge is 0.389 e. The Morgan fingerprint density at radius 3 is 2.81 bits per heavy atom. The number of benzene rings is 1. The third kappa shape index (κ3) is 3.41. The van der Waals surface area contributed by atoms with Crippen molar-refractivity contribution in [3.63, 3.8) is 0 Å². The van der Waals surface area contributed by atoms with Crippen molar-refractivity contribution in [2.24, 2.45) is 5.73 Å². The summed E-state index contributed by atoms with van der Waals surface area (Å²) < 4.78 is 39.7. The first-order chi connectivity index (χ1) is 9.76. The number of nitrogens with zero attached hydrogens (tertiary/aromatic N) is 1. The first kappa shape index (κ1) is 15.9. The quantitative estimate of drug-likeness (QED) is 0.769. The Morgan fingerprint density at radius 2 is 2.24 bits per heavy atom. The minimum Gasteiger partial charge on any atom is -0.389 e. The fourth-order valence-electron chi connectivity index (χ4n) is 2.22. The molecule has 1 aliphatic rings. The van der Waals surface area contributed by atoms with Crippen molar-refractivity contribution in [2.75, 3.05) is 19.6 Å². The first-order valence-corrected chi connectivity index (χ1v) is 7.91. The monoisotopic (exact) mass is 312 g/mol. The van der Waals surface area contributed by atoms with Crippen molar-refractivity contribution in [1.29, 1.82) is 0 Å². The van der Waals surface area contributed by atoms with Gasteiger partial charge < -0.3 is 10.8 Å². The molecule has 1 aromatic rings. The van der Waals surface area contributed by atoms with Crippen molar-refractivity contribution in [1.82, 2.24) is 4.31 Å². The molecule has 3 N–H and O–H groups in total. The van der Waals surface area contributed by atoms with Crippen LogP contribution < -0.4 is 5.73 Å². The van der Waals surface area contributed by atoms with E-state index in [-0.39, 0.29) is 30.1 Å². The minimum absolute atomic E-state index is 0.0104. The number of aliphatic hydroxyl groups is 1. The molecule has 1 aliphatic heterocycles. The topological polar surface area (TPSA) is 83.6 Å². The molecule has 114 valence electrons. The van der Waals surface area contributed by atoms with E-state index in [1.54, 1.807) is 6.92 Å². The van der Waals surface area contributed by atoms with Gasteiger partial charge in [0.25, 0.3) is 0 Å². The normalized spacial score (nSPS) is 22.9. The van der Waals surface area contributed by atoms with Crippen molar-refractivity contribution >= 4 is 10.0 Å². The molecule has 5 nitrogen and oxygen atoms in total. The predicted octanol–water partition coefficient (Wildman–Crippen LogP) is 0.281. The van der Waals surface area contributed by atoms with E-state index in [0.717, 1.165) is 12.1 Å². The maximum atomic E-state index is 13.3. The number of halogens is 1. The Bertz CT molecular complexity index is 705. The van der Waals surface area contributed by atoms with E-state index < -0.39 is 21.4 Å². The van der Waals surface area contributed by atoms with Gasteiger partial charge in [-0.25, -0.2) is 12.8 Å². The van der Waals surface area contributed by atoms with Crippen molar-refractivity contribution in [3.8, 4) is 11.8 Å². The van der Waals surface area contributed by atoms with E-state index >= 15 is 0 Å². The highest BCUT2D eigenvalue weighted by Crippen LogP contribution is 2.28. The maximum Gasteiger partial charge on any atom is 0.244 e. The molecule has 0 radical (unpaired) electrons. The van der Waals surface area contributed by atoms with E-state index in [1.165, 1.54) is 10.4 Å². The van der Waals surface area contributed by atoms with Crippen LogP contribution in [-0.2, 0) is 10.0 Å². The third-order valence-corrected chi connectivity index (χ3v) is 5.20. The lowest BCUT2D eigenvalue weighted by atomic mass is 10.1. The summed E-state index contributed by atoms with van der Waals surface area (Å²) in [5.41, 5.74) is 4.30. The van der Waals surface area contributed by atoms with Gasteiger partial charge in [-0.05, 0) is 31.5 Å². The van der Waals surface area contributed by atoms with Gasteiger partial charge in [0.2, 0.25) is 10.0 Å². The van der Waals surface area contributed by atoms with Gasteiger partial charge in [0.05, 0.1) is 17.0 Å². The molecule has 0 aromatic heterocycles. The van der Waals surface area contributed by atoms with Crippen LogP contribution in [-0.4, -0.2) is 43.1 Å². The number of hydrogen-bond acceptors (Lipinski definition) is 4. The fourth-order valence-corrected chi connectivity index (χ4v) is 3.90. The van der Waals surface area contributed by atoms with Gasteiger partial charge in [0, 0.05) is 18.7 Å². The average Bonchev–Trinajstić information content (AvgIpc) is 2.77. The van der Waals surface area contributed by atoms with E-state index in [2.05, 4.69) is 11.8 Å². The fraction of sp³-hybridized carbons (Fsp3) is 0.429. The molecule has 1 aromatic carbocycles. The van der Waals surface area contributed by atoms with Crippen molar-refractivity contribution < 1.29 is 17.9 Å². The highest BCUT2D eigenvalue weighted by atomic mass is 32.2. The molecule has 1 atom stereocenters. The Morgan fingerprint density at radius 1 is 1.52 bits per heavy atom. The molecule has 1 heterocycles. The molecule has 7 heteroatoms. The molecule has 0 saturated carbocycles. The molecule has 0 amide bonds. The first-order valence-electron chi connectivity index (χ1n) is 6.47. The lowest BCUT2D eigenvalue weighted by Gasteiger charge is -2.19. The summed E-state index contributed by atoms with van der Waals surface area (Å²) in [5.74, 6) is 4.54. The van der Waals surface area contributed by atoms with Gasteiger partial charge in [-0.15, -0.1) is 0 Å². The molecule has 0 bridgehead atoms. The smallest absolute Gasteiger partial charge is 0.244 e. The lowest BCUT2D eigenvalue weighted by molar-refractivity contribution is 0.0762. The molecule has 1 unspecified atom stereocenters. The summed E-state index contributed by atoms with van der Waals surface area (Å²) in [6, 6.07) is 3.34. The van der Waals surface area contributed by atoms with Crippen LogP contribution in [0.3, 0.4) is 0 Å². The zero-order chi connectivity index (χ0) is 15.7. The van der Waals surface area contributed by atoms with Crippen LogP contribution in [0.15, 0.2) is 23.1 Å². The van der Waals surface area contributed by atoms with Gasteiger partial charge in [0.15, 0.2) is 0 Å². The van der Waals surface area contributed by atoms with Crippen molar-refractivity contribution in [2.45, 2.75) is 23.8 Å². The second kappa shape index (κ2) is 5.73. The molecule has 0 aliphatic carbocycles. The summed E-state index contributed by atoms with van der Waals surface area (Å²) in [7, 11) is -3.82. The summed E-state index contributed by atoms with van der Waals surface area (Å²) >= 11 is 0. The van der Waals surface area contributed by atoms with E-state index in [4.69, 9.17) is 5.73 Å². The molecule has 1 saturated heterocycles. The molecule has 0 spiro atoms. The standard InChI is InChI=1S/C14H17FN2O3S/c1-14(18)6-8-17(10-14)21(19,20)13-5-4-12(15)9-11(13)3-2-7-16/h4-5,9,18H,6-8,10,16H2,1H3. The molecule has 2 rings (SSSR count). The zero-order valence-electron chi connectivity index (χ0n) is 11.6. The Kier molecular flexibility index (Phi) is 4.35. The molecule has 21 heavy (non-hydrogen) atoms. The minimum atomic E-state index is -3.82. The SMILES string of the molecule is CC1(O)CCN(S(=O)(=O)c2ccc(F)cc2C#CCN)C1. The number of sulfonamides is 1. The molecular weight excluding hydrogens is 295 g/mol. The van der Waals surface area contributed by atoms with Gasteiger partial charge in [0.1, 0.15) is 5.82 Å². The molecule has 1 fully saturated rings. The van der Waals surface area contributed by atoms with Crippen LogP contribution in [0.1, 0.15) is 18.9 Å². The third-order valence-electron chi connectivity index (χ3n) is 3.30. The Balaban J connectivity index is 2.45. The lowest BCUT2D eigenvalue weighted by Crippen LogP contribution is -2.34. The summed E-state index contributed by atoms with van der Waals surface area (Å²) in [6.45, 7) is 1.86. The maximum absolute atomic E-state index is 13.3. The van der Waals surface area contributed by atoms with Crippen LogP contribution in [0.4, 0.5) is 4.39 Å². The average molecular weight is 312 g/mol. The van der Waals surface area contributed by atoms with Gasteiger partial charge in [-0.2, -0.15) is 4.31 Å². The van der Waals surface area contributed by atoms with E-state index in [9.17, 15) is 17.9 Å².